The van der Waals surface area contributed by atoms with E-state index in [1.807, 2.05) is 12.1 Å². The van der Waals surface area contributed by atoms with Crippen LogP contribution in [-0.4, -0.2) is 27.0 Å². The molecule has 3 N–H and O–H groups in total. The number of anilines is 1. The van der Waals surface area contributed by atoms with Gasteiger partial charge in [-0.25, -0.2) is 0 Å². The van der Waals surface area contributed by atoms with E-state index in [1.54, 1.807) is 29.4 Å². The number of hydrogen-bond acceptors (Lipinski definition) is 7. The largest absolute Gasteiger partial charge is 0.379 e. The second-order valence-electron chi connectivity index (χ2n) is 5.10. The Bertz CT molecular complexity index is 699. The molecule has 1 unspecified atom stereocenters. The van der Waals surface area contributed by atoms with Crippen LogP contribution in [0.4, 0.5) is 5.13 Å². The summed E-state index contributed by atoms with van der Waals surface area (Å²) in [6.45, 7) is 2.07. The van der Waals surface area contributed by atoms with Crippen LogP contribution in [0.3, 0.4) is 0 Å². The molecule has 1 aromatic heterocycles. The number of nitrogens with two attached hydrogens (primary N) is 1. The van der Waals surface area contributed by atoms with Gasteiger partial charge in [0.25, 0.3) is 5.91 Å². The van der Waals surface area contributed by atoms with Gasteiger partial charge in [0.05, 0.1) is 5.54 Å². The number of carbonyl (C=O) groups is 1. The lowest BCUT2D eigenvalue weighted by atomic mass is 9.89. The minimum absolute atomic E-state index is 0.198. The zero-order valence-corrected chi connectivity index (χ0v) is 13.6. The van der Waals surface area contributed by atoms with Crippen molar-refractivity contribution in [3.63, 3.8) is 0 Å². The van der Waals surface area contributed by atoms with Gasteiger partial charge in [0.2, 0.25) is 5.13 Å². The van der Waals surface area contributed by atoms with Gasteiger partial charge in [0, 0.05) is 11.3 Å². The van der Waals surface area contributed by atoms with Crippen molar-refractivity contribution in [1.82, 2.24) is 10.2 Å². The van der Waals surface area contributed by atoms with E-state index in [9.17, 15) is 4.79 Å². The highest BCUT2D eigenvalue weighted by molar-refractivity contribution is 8.13. The van der Waals surface area contributed by atoms with Crippen LogP contribution in [0, 0.1) is 0 Å². The summed E-state index contributed by atoms with van der Waals surface area (Å²) in [5, 5.41) is 11.3. The molecule has 0 bridgehead atoms. The third-order valence-corrected chi connectivity index (χ3v) is 4.95. The average Bonchev–Trinajstić information content (AvgIpc) is 3.00. The van der Waals surface area contributed by atoms with Gasteiger partial charge >= 0.3 is 0 Å². The molecule has 0 saturated carbocycles. The Morgan fingerprint density at radius 3 is 2.77 bits per heavy atom. The van der Waals surface area contributed by atoms with Crippen molar-refractivity contribution in [2.24, 2.45) is 10.7 Å². The lowest BCUT2D eigenvalue weighted by Gasteiger charge is -2.29. The third-order valence-electron chi connectivity index (χ3n) is 3.55. The lowest BCUT2D eigenvalue weighted by Crippen LogP contribution is -2.28. The summed E-state index contributed by atoms with van der Waals surface area (Å²) in [7, 11) is 0. The molecule has 2 aromatic rings. The predicted molar refractivity (Wildman–Crippen MR) is 90.4 cm³/mol. The molecule has 8 heteroatoms. The maximum Gasteiger partial charge on any atom is 0.257 e. The first-order valence-corrected chi connectivity index (χ1v) is 8.59. The average molecular weight is 333 g/mol. The van der Waals surface area contributed by atoms with E-state index >= 15 is 0 Å². The van der Waals surface area contributed by atoms with Crippen molar-refractivity contribution >= 4 is 39.3 Å². The van der Waals surface area contributed by atoms with Crippen LogP contribution in [0.25, 0.3) is 0 Å². The van der Waals surface area contributed by atoms with E-state index in [4.69, 9.17) is 5.73 Å². The molecule has 1 aliphatic heterocycles. The molecular formula is C14H15N5OS2. The number of rotatable bonds is 3. The molecule has 1 aliphatic rings. The SMILES string of the molecule is CC1(c2ccc(C(=O)Nc3nncs3)cc2)CCSC(N)=N1. The zero-order valence-electron chi connectivity index (χ0n) is 11.9. The van der Waals surface area contributed by atoms with Gasteiger partial charge in [-0.1, -0.05) is 35.2 Å². The lowest BCUT2D eigenvalue weighted by molar-refractivity contribution is 0.102. The molecular weight excluding hydrogens is 318 g/mol. The Labute approximate surface area is 136 Å². The fourth-order valence-corrected chi connectivity index (χ4v) is 3.69. The second kappa shape index (κ2) is 6.05. The van der Waals surface area contributed by atoms with Crippen LogP contribution in [0.2, 0.25) is 0 Å². The van der Waals surface area contributed by atoms with Crippen molar-refractivity contribution in [2.45, 2.75) is 18.9 Å². The van der Waals surface area contributed by atoms with Crippen LogP contribution < -0.4 is 11.1 Å². The second-order valence-corrected chi connectivity index (χ2v) is 7.05. The van der Waals surface area contributed by atoms with Crippen LogP contribution in [0.5, 0.6) is 0 Å². The predicted octanol–water partition coefficient (Wildman–Crippen LogP) is 2.46. The summed E-state index contributed by atoms with van der Waals surface area (Å²) in [6, 6.07) is 7.46. The molecule has 0 spiro atoms. The molecule has 1 aromatic carbocycles. The minimum Gasteiger partial charge on any atom is -0.379 e. The summed E-state index contributed by atoms with van der Waals surface area (Å²) in [4.78, 5) is 16.7. The van der Waals surface area contributed by atoms with E-state index in [-0.39, 0.29) is 11.4 Å². The summed E-state index contributed by atoms with van der Waals surface area (Å²) in [5.41, 5.74) is 8.73. The van der Waals surface area contributed by atoms with Crippen molar-refractivity contribution in [3.8, 4) is 0 Å². The van der Waals surface area contributed by atoms with Gasteiger partial charge in [-0.3, -0.25) is 15.1 Å². The van der Waals surface area contributed by atoms with Crippen LogP contribution in [0.15, 0.2) is 34.8 Å². The summed E-state index contributed by atoms with van der Waals surface area (Å²) >= 11 is 2.86. The number of amides is 1. The quantitative estimate of drug-likeness (QED) is 0.900. The van der Waals surface area contributed by atoms with Crippen molar-refractivity contribution in [2.75, 3.05) is 11.1 Å². The molecule has 2 heterocycles. The normalized spacial score (nSPS) is 21.2. The number of nitrogens with zero attached hydrogens (tertiary/aromatic N) is 3. The Balaban J connectivity index is 1.78. The van der Waals surface area contributed by atoms with Gasteiger partial charge in [-0.2, -0.15) is 0 Å². The molecule has 0 saturated heterocycles. The fraction of sp³-hybridized carbons (Fsp3) is 0.286. The van der Waals surface area contributed by atoms with E-state index in [0.29, 0.717) is 15.9 Å². The smallest absolute Gasteiger partial charge is 0.257 e. The number of carbonyl (C=O) groups excluding carboxylic acids is 1. The van der Waals surface area contributed by atoms with Gasteiger partial charge in [-0.15, -0.1) is 10.2 Å². The molecule has 0 fully saturated rings. The number of thioether (sulfide) groups is 1. The first-order chi connectivity index (χ1) is 10.6. The number of aromatic nitrogens is 2. The number of hydrogen-bond donors (Lipinski definition) is 2. The van der Waals surface area contributed by atoms with Gasteiger partial charge in [0.15, 0.2) is 5.17 Å². The van der Waals surface area contributed by atoms with E-state index in [0.717, 1.165) is 17.7 Å². The maximum absolute atomic E-state index is 12.1. The highest BCUT2D eigenvalue weighted by Gasteiger charge is 2.29. The first-order valence-electron chi connectivity index (χ1n) is 6.73. The Morgan fingerprint density at radius 2 is 2.14 bits per heavy atom. The first kappa shape index (κ1) is 15.0. The Kier molecular flexibility index (Phi) is 4.12. The van der Waals surface area contributed by atoms with Gasteiger partial charge in [-0.05, 0) is 31.0 Å². The molecule has 0 radical (unpaired) electrons. The van der Waals surface area contributed by atoms with E-state index in [2.05, 4.69) is 27.4 Å². The van der Waals surface area contributed by atoms with E-state index in [1.165, 1.54) is 11.3 Å². The summed E-state index contributed by atoms with van der Waals surface area (Å²) in [5.74, 6) is 0.751. The Morgan fingerprint density at radius 1 is 1.36 bits per heavy atom. The number of aliphatic imine (C=N–C) groups is 1. The summed E-state index contributed by atoms with van der Waals surface area (Å²) < 4.78 is 0. The molecule has 1 atom stereocenters. The third kappa shape index (κ3) is 3.12. The standard InChI is InChI=1S/C14H15N5OS2/c1-14(6-7-21-12(15)18-14)10-4-2-9(3-5-10)11(20)17-13-19-16-8-22-13/h2-5,8H,6-7H2,1H3,(H2,15,18)(H,17,19,20). The zero-order chi connectivity index (χ0) is 15.6. The number of nitrogens with one attached hydrogen (secondary N) is 1. The molecule has 1 amide bonds. The highest BCUT2D eigenvalue weighted by atomic mass is 32.2. The molecule has 114 valence electrons. The Hall–Kier alpha value is -1.93. The van der Waals surface area contributed by atoms with Crippen LogP contribution in [0.1, 0.15) is 29.3 Å². The number of benzene rings is 1. The van der Waals surface area contributed by atoms with Crippen molar-refractivity contribution in [1.29, 1.82) is 0 Å². The highest BCUT2D eigenvalue weighted by Crippen LogP contribution is 2.34. The molecule has 3 rings (SSSR count). The van der Waals surface area contributed by atoms with Gasteiger partial charge in [0.1, 0.15) is 5.51 Å². The topological polar surface area (TPSA) is 93.3 Å². The number of amidine groups is 1. The fourth-order valence-electron chi connectivity index (χ4n) is 2.27. The van der Waals surface area contributed by atoms with E-state index < -0.39 is 0 Å². The monoisotopic (exact) mass is 333 g/mol. The molecule has 6 nitrogen and oxygen atoms in total. The van der Waals surface area contributed by atoms with Crippen molar-refractivity contribution in [3.05, 3.63) is 40.9 Å². The molecule has 0 aliphatic carbocycles. The minimum atomic E-state index is -0.316. The maximum atomic E-state index is 12.1. The van der Waals surface area contributed by atoms with Crippen LogP contribution in [-0.2, 0) is 5.54 Å². The summed E-state index contributed by atoms with van der Waals surface area (Å²) in [6.07, 6.45) is 0.925. The van der Waals surface area contributed by atoms with Gasteiger partial charge < -0.3 is 5.73 Å². The van der Waals surface area contributed by atoms with Crippen molar-refractivity contribution < 1.29 is 4.79 Å². The molecule has 22 heavy (non-hydrogen) atoms. The van der Waals surface area contributed by atoms with Crippen LogP contribution >= 0.6 is 23.1 Å².